The number of sulfonamides is 1. The minimum Gasteiger partial charge on any atom is -0.399 e. The molecule has 6 nitrogen and oxygen atoms in total. The number of rotatable bonds is 7. The van der Waals surface area contributed by atoms with Crippen LogP contribution in [0, 0.1) is 0 Å². The topological polar surface area (TPSA) is 90.0 Å². The van der Waals surface area contributed by atoms with Crippen molar-refractivity contribution in [2.24, 2.45) is 7.05 Å². The molecule has 0 unspecified atom stereocenters. The van der Waals surface area contributed by atoms with Crippen LogP contribution in [0.5, 0.6) is 0 Å². The minimum absolute atomic E-state index is 0.0598. The predicted molar refractivity (Wildman–Crippen MR) is 85.4 cm³/mol. The highest BCUT2D eigenvalue weighted by Crippen LogP contribution is 2.20. The molecule has 1 heterocycles. The van der Waals surface area contributed by atoms with Gasteiger partial charge in [0.15, 0.2) is 0 Å². The number of thioether (sulfide) groups is 1. The standard InChI is InChI=1S/C13H18N4O2S2/c1-17-12(5-6-15-17)10-16-21(18,19)8-7-20-13-4-2-3-11(14)9-13/h2-6,9,16H,7-8,10,14H2,1H3. The lowest BCUT2D eigenvalue weighted by atomic mass is 10.3. The fourth-order valence-electron chi connectivity index (χ4n) is 1.70. The largest absolute Gasteiger partial charge is 0.399 e. The Balaban J connectivity index is 1.80. The molecule has 2 rings (SSSR count). The van der Waals surface area contributed by atoms with Crippen LogP contribution in [0.15, 0.2) is 41.4 Å². The summed E-state index contributed by atoms with van der Waals surface area (Å²) in [5, 5.41) is 3.99. The van der Waals surface area contributed by atoms with Crippen LogP contribution in [0.3, 0.4) is 0 Å². The summed E-state index contributed by atoms with van der Waals surface area (Å²) >= 11 is 1.47. The SMILES string of the molecule is Cn1nccc1CNS(=O)(=O)CCSc1cccc(N)c1. The molecule has 0 amide bonds. The number of nitrogens with one attached hydrogen (secondary N) is 1. The maximum absolute atomic E-state index is 11.9. The van der Waals surface area contributed by atoms with Crippen molar-refractivity contribution in [3.05, 3.63) is 42.2 Å². The molecule has 1 aromatic carbocycles. The molecule has 114 valence electrons. The minimum atomic E-state index is -3.30. The Bertz CT molecular complexity index is 698. The van der Waals surface area contributed by atoms with Crippen molar-refractivity contribution >= 4 is 27.5 Å². The van der Waals surface area contributed by atoms with Crippen molar-refractivity contribution in [1.82, 2.24) is 14.5 Å². The molecular formula is C13H18N4O2S2. The number of nitrogen functional groups attached to an aromatic ring is 1. The van der Waals surface area contributed by atoms with E-state index in [9.17, 15) is 8.42 Å². The lowest BCUT2D eigenvalue weighted by Crippen LogP contribution is -2.27. The molecule has 1 aromatic heterocycles. The first kappa shape index (κ1) is 15.9. The number of benzene rings is 1. The van der Waals surface area contributed by atoms with Crippen molar-refractivity contribution < 1.29 is 8.42 Å². The molecule has 0 saturated carbocycles. The molecule has 0 spiro atoms. The molecule has 0 bridgehead atoms. The Hall–Kier alpha value is -1.51. The van der Waals surface area contributed by atoms with E-state index >= 15 is 0 Å². The van der Waals surface area contributed by atoms with E-state index in [2.05, 4.69) is 9.82 Å². The molecule has 3 N–H and O–H groups in total. The van der Waals surface area contributed by atoms with Gasteiger partial charge in [-0.05, 0) is 24.3 Å². The second-order valence-electron chi connectivity index (χ2n) is 4.51. The smallest absolute Gasteiger partial charge is 0.212 e. The van der Waals surface area contributed by atoms with Gasteiger partial charge >= 0.3 is 0 Å². The molecule has 0 radical (unpaired) electrons. The number of hydrogen-bond acceptors (Lipinski definition) is 5. The fraction of sp³-hybridized carbons (Fsp3) is 0.308. The Labute approximate surface area is 128 Å². The second kappa shape index (κ2) is 6.97. The van der Waals surface area contributed by atoms with Gasteiger partial charge in [0.1, 0.15) is 0 Å². The van der Waals surface area contributed by atoms with Crippen molar-refractivity contribution in [2.75, 3.05) is 17.2 Å². The third-order valence-electron chi connectivity index (χ3n) is 2.87. The van der Waals surface area contributed by atoms with Gasteiger partial charge < -0.3 is 5.73 Å². The van der Waals surface area contributed by atoms with Gasteiger partial charge in [0, 0.05) is 29.6 Å². The maximum Gasteiger partial charge on any atom is 0.212 e. The van der Waals surface area contributed by atoms with Crippen LogP contribution >= 0.6 is 11.8 Å². The fourth-order valence-corrected chi connectivity index (χ4v) is 4.06. The summed E-state index contributed by atoms with van der Waals surface area (Å²) in [6.07, 6.45) is 1.64. The number of anilines is 1. The van der Waals surface area contributed by atoms with Crippen LogP contribution in [0.2, 0.25) is 0 Å². The summed E-state index contributed by atoms with van der Waals surface area (Å²) in [6, 6.07) is 9.18. The van der Waals surface area contributed by atoms with Crippen molar-refractivity contribution in [3.8, 4) is 0 Å². The van der Waals surface area contributed by atoms with E-state index in [0.29, 0.717) is 11.4 Å². The summed E-state index contributed by atoms with van der Waals surface area (Å²) in [5.74, 6) is 0.536. The Morgan fingerprint density at radius 3 is 2.86 bits per heavy atom. The molecule has 0 saturated heterocycles. The molecule has 0 atom stereocenters. The monoisotopic (exact) mass is 326 g/mol. The Morgan fingerprint density at radius 1 is 1.38 bits per heavy atom. The predicted octanol–water partition coefficient (Wildman–Crippen LogP) is 1.21. The van der Waals surface area contributed by atoms with Gasteiger partial charge in [0.25, 0.3) is 0 Å². The first-order valence-electron chi connectivity index (χ1n) is 6.39. The second-order valence-corrected chi connectivity index (χ2v) is 7.60. The lowest BCUT2D eigenvalue weighted by Gasteiger charge is -2.07. The number of hydrogen-bond donors (Lipinski definition) is 2. The van der Waals surface area contributed by atoms with Crippen LogP contribution in [0.1, 0.15) is 5.69 Å². The van der Waals surface area contributed by atoms with E-state index in [1.54, 1.807) is 30.1 Å². The number of nitrogens with zero attached hydrogens (tertiary/aromatic N) is 2. The van der Waals surface area contributed by atoms with Crippen molar-refractivity contribution in [1.29, 1.82) is 0 Å². The van der Waals surface area contributed by atoms with E-state index in [1.165, 1.54) is 11.8 Å². The van der Waals surface area contributed by atoms with Crippen LogP contribution in [-0.4, -0.2) is 29.7 Å². The summed E-state index contributed by atoms with van der Waals surface area (Å²) in [5.41, 5.74) is 7.18. The van der Waals surface area contributed by atoms with Crippen LogP contribution in [0.25, 0.3) is 0 Å². The number of aromatic nitrogens is 2. The first-order chi connectivity index (χ1) is 9.96. The van der Waals surface area contributed by atoms with E-state index < -0.39 is 10.0 Å². The third kappa shape index (κ3) is 5.07. The average Bonchev–Trinajstić information content (AvgIpc) is 2.82. The normalized spacial score (nSPS) is 11.7. The Morgan fingerprint density at radius 2 is 2.19 bits per heavy atom. The highest BCUT2D eigenvalue weighted by atomic mass is 32.2. The van der Waals surface area contributed by atoms with E-state index in [-0.39, 0.29) is 12.3 Å². The number of aryl methyl sites for hydroxylation is 1. The number of nitrogens with two attached hydrogens (primary N) is 1. The maximum atomic E-state index is 11.9. The molecule has 0 aliphatic carbocycles. The average molecular weight is 326 g/mol. The van der Waals surface area contributed by atoms with E-state index in [4.69, 9.17) is 5.73 Å². The highest BCUT2D eigenvalue weighted by Gasteiger charge is 2.11. The molecule has 0 aliphatic heterocycles. The van der Waals surface area contributed by atoms with Crippen LogP contribution < -0.4 is 10.5 Å². The van der Waals surface area contributed by atoms with Crippen LogP contribution in [-0.2, 0) is 23.6 Å². The first-order valence-corrected chi connectivity index (χ1v) is 9.02. The van der Waals surface area contributed by atoms with Crippen molar-refractivity contribution in [2.45, 2.75) is 11.4 Å². The van der Waals surface area contributed by atoms with Gasteiger partial charge in [-0.25, -0.2) is 13.1 Å². The van der Waals surface area contributed by atoms with Gasteiger partial charge in [-0.1, -0.05) is 6.07 Å². The molecule has 2 aromatic rings. The summed E-state index contributed by atoms with van der Waals surface area (Å²) < 4.78 is 28.0. The van der Waals surface area contributed by atoms with Gasteiger partial charge in [0.05, 0.1) is 18.0 Å². The molecule has 8 heteroatoms. The third-order valence-corrected chi connectivity index (χ3v) is 5.45. The summed E-state index contributed by atoms with van der Waals surface area (Å²) in [7, 11) is -1.52. The van der Waals surface area contributed by atoms with Crippen LogP contribution in [0.4, 0.5) is 5.69 Å². The zero-order valence-corrected chi connectivity index (χ0v) is 13.3. The summed E-state index contributed by atoms with van der Waals surface area (Å²) in [6.45, 7) is 0.252. The van der Waals surface area contributed by atoms with Crippen molar-refractivity contribution in [3.63, 3.8) is 0 Å². The lowest BCUT2D eigenvalue weighted by molar-refractivity contribution is 0.578. The van der Waals surface area contributed by atoms with Gasteiger partial charge in [-0.15, -0.1) is 11.8 Å². The zero-order valence-electron chi connectivity index (χ0n) is 11.7. The zero-order chi connectivity index (χ0) is 15.3. The summed E-state index contributed by atoms with van der Waals surface area (Å²) in [4.78, 5) is 0.969. The highest BCUT2D eigenvalue weighted by molar-refractivity contribution is 8.00. The van der Waals surface area contributed by atoms with Gasteiger partial charge in [-0.2, -0.15) is 5.10 Å². The quantitative estimate of drug-likeness (QED) is 0.590. The molecule has 0 fully saturated rings. The molecular weight excluding hydrogens is 308 g/mol. The van der Waals surface area contributed by atoms with E-state index in [1.807, 2.05) is 18.2 Å². The van der Waals surface area contributed by atoms with Gasteiger partial charge in [0.2, 0.25) is 10.0 Å². The molecule has 21 heavy (non-hydrogen) atoms. The van der Waals surface area contributed by atoms with E-state index in [0.717, 1.165) is 10.6 Å². The Kier molecular flexibility index (Phi) is 5.27. The van der Waals surface area contributed by atoms with Gasteiger partial charge in [-0.3, -0.25) is 4.68 Å². The molecule has 0 aliphatic rings.